The van der Waals surface area contributed by atoms with E-state index in [4.69, 9.17) is 9.47 Å². The van der Waals surface area contributed by atoms with Gasteiger partial charge in [-0.2, -0.15) is 0 Å². The molecule has 0 aliphatic carbocycles. The van der Waals surface area contributed by atoms with Crippen molar-refractivity contribution in [3.05, 3.63) is 95.3 Å². The van der Waals surface area contributed by atoms with Crippen LogP contribution in [0.3, 0.4) is 0 Å². The molecule has 2 heterocycles. The van der Waals surface area contributed by atoms with Crippen molar-refractivity contribution in [1.29, 1.82) is 0 Å². The predicted molar refractivity (Wildman–Crippen MR) is 128 cm³/mol. The molecule has 9 heteroatoms. The summed E-state index contributed by atoms with van der Waals surface area (Å²) in [6.07, 6.45) is 2.50. The van der Waals surface area contributed by atoms with Crippen molar-refractivity contribution in [1.82, 2.24) is 14.8 Å². The second kappa shape index (κ2) is 11.7. The van der Waals surface area contributed by atoms with Crippen LogP contribution in [0.15, 0.2) is 67.0 Å². The average Bonchev–Trinajstić information content (AvgIpc) is 3.04. The van der Waals surface area contributed by atoms with Gasteiger partial charge >= 0.3 is 0 Å². The van der Waals surface area contributed by atoms with Gasteiger partial charge in [-0.3, -0.25) is 14.6 Å². The normalized spacial score (nSPS) is 16.1. The second-order valence-electron chi connectivity index (χ2n) is 8.60. The smallest absolute Gasteiger partial charge is 0.242 e. The molecule has 2 amide bonds. The molecule has 7 nitrogen and oxygen atoms in total. The summed E-state index contributed by atoms with van der Waals surface area (Å²) in [6, 6.07) is 14.0. The molecule has 2 aromatic carbocycles. The van der Waals surface area contributed by atoms with Gasteiger partial charge in [0.2, 0.25) is 11.8 Å². The van der Waals surface area contributed by atoms with Gasteiger partial charge in [-0.15, -0.1) is 0 Å². The molecular weight excluding hydrogens is 468 g/mol. The summed E-state index contributed by atoms with van der Waals surface area (Å²) < 4.78 is 39.0. The van der Waals surface area contributed by atoms with Gasteiger partial charge in [-0.05, 0) is 47.5 Å². The fraction of sp³-hybridized carbons (Fsp3) is 0.296. The third kappa shape index (κ3) is 6.63. The Hall–Kier alpha value is -3.85. The van der Waals surface area contributed by atoms with E-state index >= 15 is 0 Å². The molecule has 1 atom stereocenters. The quantitative estimate of drug-likeness (QED) is 0.479. The monoisotopic (exact) mass is 495 g/mol. The Morgan fingerprint density at radius 3 is 2.61 bits per heavy atom. The average molecular weight is 496 g/mol. The van der Waals surface area contributed by atoms with Crippen LogP contribution in [0, 0.1) is 11.6 Å². The SMILES string of the molecule is COc1ccc(CN2C[C@@H](OCc3cccnc3)CN(C(=O)Cc3cc(F)ccc3F)CC2=O)cc1. The molecular formula is C27H27F2N3O4. The number of amides is 2. The number of carbonyl (C=O) groups excluding carboxylic acids is 2. The second-order valence-corrected chi connectivity index (χ2v) is 8.60. The first-order valence-corrected chi connectivity index (χ1v) is 11.5. The number of benzene rings is 2. The van der Waals surface area contributed by atoms with Crippen LogP contribution in [0.1, 0.15) is 16.7 Å². The Labute approximate surface area is 208 Å². The molecule has 3 aromatic rings. The first-order chi connectivity index (χ1) is 17.4. The number of ether oxygens (including phenoxy) is 2. The Bertz CT molecular complexity index is 1190. The molecule has 1 aliphatic heterocycles. The third-order valence-electron chi connectivity index (χ3n) is 5.97. The summed E-state index contributed by atoms with van der Waals surface area (Å²) in [6.45, 7) is 0.808. The van der Waals surface area contributed by atoms with Crippen LogP contribution in [0.4, 0.5) is 8.78 Å². The number of methoxy groups -OCH3 is 1. The van der Waals surface area contributed by atoms with Gasteiger partial charge in [0.05, 0.1) is 32.8 Å². The summed E-state index contributed by atoms with van der Waals surface area (Å²) in [4.78, 5) is 33.3. The van der Waals surface area contributed by atoms with E-state index in [1.807, 2.05) is 30.3 Å². The fourth-order valence-corrected chi connectivity index (χ4v) is 4.03. The van der Waals surface area contributed by atoms with Gasteiger partial charge in [0, 0.05) is 37.6 Å². The van der Waals surface area contributed by atoms with E-state index in [2.05, 4.69) is 4.98 Å². The Morgan fingerprint density at radius 2 is 1.89 bits per heavy atom. The topological polar surface area (TPSA) is 72.0 Å². The lowest BCUT2D eigenvalue weighted by atomic mass is 10.1. The van der Waals surface area contributed by atoms with Gasteiger partial charge in [0.25, 0.3) is 0 Å². The number of aromatic nitrogens is 1. The van der Waals surface area contributed by atoms with Gasteiger partial charge in [0.1, 0.15) is 17.4 Å². The van der Waals surface area contributed by atoms with Crippen LogP contribution in [-0.4, -0.2) is 59.4 Å². The minimum absolute atomic E-state index is 0.0559. The van der Waals surface area contributed by atoms with Crippen LogP contribution >= 0.6 is 0 Å². The van der Waals surface area contributed by atoms with Crippen molar-refractivity contribution < 1.29 is 27.8 Å². The first kappa shape index (κ1) is 25.2. The number of nitrogens with zero attached hydrogens (tertiary/aromatic N) is 3. The van der Waals surface area contributed by atoms with Crippen LogP contribution < -0.4 is 4.74 Å². The molecule has 0 unspecified atom stereocenters. The molecule has 188 valence electrons. The summed E-state index contributed by atoms with van der Waals surface area (Å²) in [5.74, 6) is -1.33. The number of halogens is 2. The van der Waals surface area contributed by atoms with Crippen molar-refractivity contribution >= 4 is 11.8 Å². The molecule has 4 rings (SSSR count). The minimum atomic E-state index is -0.670. The highest BCUT2D eigenvalue weighted by atomic mass is 19.1. The summed E-state index contributed by atoms with van der Waals surface area (Å²) in [5.41, 5.74) is 1.70. The Morgan fingerprint density at radius 1 is 1.08 bits per heavy atom. The van der Waals surface area contributed by atoms with Crippen molar-refractivity contribution in [2.45, 2.75) is 25.7 Å². The van der Waals surface area contributed by atoms with Crippen LogP contribution in [0.25, 0.3) is 0 Å². The molecule has 0 radical (unpaired) electrons. The molecule has 1 fully saturated rings. The van der Waals surface area contributed by atoms with Crippen LogP contribution in [0.2, 0.25) is 0 Å². The number of pyridine rings is 1. The maximum atomic E-state index is 14.1. The molecule has 0 spiro atoms. The molecule has 1 aromatic heterocycles. The minimum Gasteiger partial charge on any atom is -0.497 e. The van der Waals surface area contributed by atoms with E-state index in [1.54, 1.807) is 30.5 Å². The maximum Gasteiger partial charge on any atom is 0.242 e. The van der Waals surface area contributed by atoms with Gasteiger partial charge in [0.15, 0.2) is 0 Å². The zero-order valence-corrected chi connectivity index (χ0v) is 19.9. The fourth-order valence-electron chi connectivity index (χ4n) is 4.03. The molecule has 0 saturated carbocycles. The summed E-state index contributed by atoms with van der Waals surface area (Å²) in [7, 11) is 1.58. The zero-order chi connectivity index (χ0) is 25.5. The van der Waals surface area contributed by atoms with Crippen molar-refractivity contribution in [2.75, 3.05) is 26.7 Å². The largest absolute Gasteiger partial charge is 0.497 e. The highest BCUT2D eigenvalue weighted by Gasteiger charge is 2.31. The van der Waals surface area contributed by atoms with Crippen molar-refractivity contribution in [3.8, 4) is 5.75 Å². The van der Waals surface area contributed by atoms with Crippen LogP contribution in [-0.2, 0) is 33.9 Å². The molecule has 1 aliphatic rings. The predicted octanol–water partition coefficient (Wildman–Crippen LogP) is 3.37. The lowest BCUT2D eigenvalue weighted by molar-refractivity contribution is -0.138. The summed E-state index contributed by atoms with van der Waals surface area (Å²) >= 11 is 0. The van der Waals surface area contributed by atoms with E-state index in [9.17, 15) is 18.4 Å². The highest BCUT2D eigenvalue weighted by molar-refractivity contribution is 5.86. The number of carbonyl (C=O) groups is 2. The van der Waals surface area contributed by atoms with E-state index in [0.717, 1.165) is 29.3 Å². The van der Waals surface area contributed by atoms with Crippen LogP contribution in [0.5, 0.6) is 5.75 Å². The van der Waals surface area contributed by atoms with E-state index < -0.39 is 23.6 Å². The molecule has 0 bridgehead atoms. The molecule has 36 heavy (non-hydrogen) atoms. The van der Waals surface area contributed by atoms with Crippen molar-refractivity contribution in [3.63, 3.8) is 0 Å². The zero-order valence-electron chi connectivity index (χ0n) is 19.9. The molecule has 1 saturated heterocycles. The maximum absolute atomic E-state index is 14.1. The number of rotatable bonds is 8. The van der Waals surface area contributed by atoms with E-state index in [0.29, 0.717) is 12.3 Å². The van der Waals surface area contributed by atoms with E-state index in [1.165, 1.54) is 4.90 Å². The van der Waals surface area contributed by atoms with E-state index in [-0.39, 0.29) is 44.1 Å². The Kier molecular flexibility index (Phi) is 8.22. The standard InChI is InChI=1S/C27H27F2N3O4/c1-35-23-7-4-19(5-8-23)14-31-15-24(36-18-20-3-2-10-30-13-20)16-32(17-27(31)34)26(33)12-21-11-22(28)6-9-25(21)29/h2-11,13,24H,12,14-18H2,1H3/t24-/m1/s1. The number of hydrogen-bond acceptors (Lipinski definition) is 5. The molecule has 0 N–H and O–H groups in total. The highest BCUT2D eigenvalue weighted by Crippen LogP contribution is 2.18. The first-order valence-electron chi connectivity index (χ1n) is 11.5. The summed E-state index contributed by atoms with van der Waals surface area (Å²) in [5, 5.41) is 0. The Balaban J connectivity index is 1.51. The third-order valence-corrected chi connectivity index (χ3v) is 5.97. The lowest BCUT2D eigenvalue weighted by Crippen LogP contribution is -2.40. The van der Waals surface area contributed by atoms with Crippen molar-refractivity contribution in [2.24, 2.45) is 0 Å². The van der Waals surface area contributed by atoms with Gasteiger partial charge < -0.3 is 19.3 Å². The van der Waals surface area contributed by atoms with Gasteiger partial charge in [-0.25, -0.2) is 8.78 Å². The lowest BCUT2D eigenvalue weighted by Gasteiger charge is -2.25. The van der Waals surface area contributed by atoms with Gasteiger partial charge in [-0.1, -0.05) is 18.2 Å². The number of hydrogen-bond donors (Lipinski definition) is 0.